The van der Waals surface area contributed by atoms with Crippen LogP contribution in [0, 0.1) is 0 Å². The van der Waals surface area contributed by atoms with E-state index < -0.39 is 0 Å². The zero-order chi connectivity index (χ0) is 20.2. The minimum atomic E-state index is -0.180. The van der Waals surface area contributed by atoms with E-state index in [1.165, 1.54) is 11.8 Å². The van der Waals surface area contributed by atoms with Crippen molar-refractivity contribution in [2.45, 2.75) is 32.4 Å². The normalized spacial score (nSPS) is 17.7. The molecule has 2 aromatic rings. The lowest BCUT2D eigenvalue weighted by Crippen LogP contribution is -2.37. The molecule has 1 aromatic heterocycles. The van der Waals surface area contributed by atoms with E-state index in [1.54, 1.807) is 23.5 Å². The lowest BCUT2D eigenvalue weighted by molar-refractivity contribution is -0.117. The highest BCUT2D eigenvalue weighted by molar-refractivity contribution is 7.09. The molecule has 29 heavy (non-hydrogen) atoms. The SMILES string of the molecule is CC(=O)c1cc2c(cc1NC(=O)CN(Cc1cccs1)CC1CCCO1)OCO2. The molecule has 1 N–H and O–H groups in total. The molecular weight excluding hydrogens is 392 g/mol. The number of thiophene rings is 1. The smallest absolute Gasteiger partial charge is 0.238 e. The van der Waals surface area contributed by atoms with E-state index in [9.17, 15) is 9.59 Å². The lowest BCUT2D eigenvalue weighted by Gasteiger charge is -2.24. The van der Waals surface area contributed by atoms with Crippen molar-refractivity contribution in [2.75, 3.05) is 31.8 Å². The van der Waals surface area contributed by atoms with Crippen molar-refractivity contribution in [1.82, 2.24) is 4.90 Å². The largest absolute Gasteiger partial charge is 0.454 e. The van der Waals surface area contributed by atoms with Gasteiger partial charge in [-0.05, 0) is 37.3 Å². The third-order valence-corrected chi connectivity index (χ3v) is 5.84. The van der Waals surface area contributed by atoms with Gasteiger partial charge in [0.1, 0.15) is 0 Å². The van der Waals surface area contributed by atoms with Gasteiger partial charge in [-0.25, -0.2) is 0 Å². The summed E-state index contributed by atoms with van der Waals surface area (Å²) in [6.45, 7) is 3.96. The molecule has 1 aromatic carbocycles. The molecule has 2 aliphatic heterocycles. The molecule has 1 saturated heterocycles. The van der Waals surface area contributed by atoms with E-state index in [-0.39, 0.29) is 31.1 Å². The fraction of sp³-hybridized carbons (Fsp3) is 0.429. The summed E-state index contributed by atoms with van der Waals surface area (Å²) in [7, 11) is 0. The zero-order valence-corrected chi connectivity index (χ0v) is 17.1. The summed E-state index contributed by atoms with van der Waals surface area (Å²) in [4.78, 5) is 28.2. The van der Waals surface area contributed by atoms with Crippen LogP contribution in [-0.4, -0.2) is 49.2 Å². The van der Waals surface area contributed by atoms with Gasteiger partial charge in [0.2, 0.25) is 12.7 Å². The van der Waals surface area contributed by atoms with Crippen molar-refractivity contribution in [3.63, 3.8) is 0 Å². The van der Waals surface area contributed by atoms with Gasteiger partial charge in [-0.2, -0.15) is 0 Å². The maximum Gasteiger partial charge on any atom is 0.238 e. The van der Waals surface area contributed by atoms with Crippen molar-refractivity contribution < 1.29 is 23.8 Å². The van der Waals surface area contributed by atoms with Gasteiger partial charge in [-0.3, -0.25) is 14.5 Å². The number of nitrogens with one attached hydrogen (secondary N) is 1. The molecule has 0 aliphatic carbocycles. The van der Waals surface area contributed by atoms with Crippen molar-refractivity contribution in [3.05, 3.63) is 40.1 Å². The fourth-order valence-corrected chi connectivity index (χ4v) is 4.36. The first-order chi connectivity index (χ1) is 14.1. The number of ether oxygens (including phenoxy) is 3. The second-order valence-corrected chi connectivity index (χ2v) is 8.27. The number of hydrogen-bond donors (Lipinski definition) is 1. The Balaban J connectivity index is 1.46. The average molecular weight is 416 g/mol. The topological polar surface area (TPSA) is 77.1 Å². The Labute approximate surface area is 173 Å². The van der Waals surface area contributed by atoms with E-state index in [1.807, 2.05) is 11.4 Å². The van der Waals surface area contributed by atoms with Crippen molar-refractivity contribution >= 4 is 28.7 Å². The first-order valence-electron chi connectivity index (χ1n) is 9.69. The van der Waals surface area contributed by atoms with E-state index in [4.69, 9.17) is 14.2 Å². The van der Waals surface area contributed by atoms with Crippen LogP contribution in [0.2, 0.25) is 0 Å². The quantitative estimate of drug-likeness (QED) is 0.666. The molecule has 1 unspecified atom stereocenters. The van der Waals surface area contributed by atoms with Crippen LogP contribution >= 0.6 is 11.3 Å². The molecule has 0 radical (unpaired) electrons. The molecule has 1 amide bonds. The highest BCUT2D eigenvalue weighted by Gasteiger charge is 2.23. The Kier molecular flexibility index (Phi) is 6.13. The van der Waals surface area contributed by atoms with Crippen LogP contribution < -0.4 is 14.8 Å². The Bertz CT molecular complexity index is 877. The van der Waals surface area contributed by atoms with Crippen LogP contribution in [-0.2, 0) is 16.1 Å². The summed E-state index contributed by atoms with van der Waals surface area (Å²) >= 11 is 1.67. The second kappa shape index (κ2) is 8.94. The molecule has 0 spiro atoms. The fourth-order valence-electron chi connectivity index (χ4n) is 3.61. The van der Waals surface area contributed by atoms with Crippen molar-refractivity contribution in [3.8, 4) is 11.5 Å². The molecule has 7 nitrogen and oxygen atoms in total. The number of ketones is 1. The van der Waals surface area contributed by atoms with Crippen LogP contribution in [0.1, 0.15) is 35.0 Å². The predicted molar refractivity (Wildman–Crippen MR) is 110 cm³/mol. The molecule has 4 rings (SSSR count). The maximum atomic E-state index is 12.8. The van der Waals surface area contributed by atoms with E-state index in [2.05, 4.69) is 16.3 Å². The molecule has 1 fully saturated rings. The van der Waals surface area contributed by atoms with Gasteiger partial charge in [-0.15, -0.1) is 11.3 Å². The molecule has 154 valence electrons. The highest BCUT2D eigenvalue weighted by Crippen LogP contribution is 2.37. The summed E-state index contributed by atoms with van der Waals surface area (Å²) < 4.78 is 16.5. The van der Waals surface area contributed by atoms with Gasteiger partial charge in [0.15, 0.2) is 17.3 Å². The third-order valence-electron chi connectivity index (χ3n) is 4.98. The molecule has 2 aliphatic rings. The van der Waals surface area contributed by atoms with Gasteiger partial charge in [0.05, 0.1) is 18.3 Å². The monoisotopic (exact) mass is 416 g/mol. The number of anilines is 1. The molecule has 0 saturated carbocycles. The van der Waals surface area contributed by atoms with Crippen LogP contribution in [0.3, 0.4) is 0 Å². The standard InChI is InChI=1S/C21H24N2O5S/c1-14(24)17-8-19-20(28-13-27-19)9-18(17)22-21(25)12-23(10-15-4-2-6-26-15)11-16-5-3-7-29-16/h3,5,7-9,15H,2,4,6,10-13H2,1H3,(H,22,25). The summed E-state index contributed by atoms with van der Waals surface area (Å²) in [6.07, 6.45) is 2.23. The summed E-state index contributed by atoms with van der Waals surface area (Å²) in [5.74, 6) is 0.723. The Morgan fingerprint density at radius 3 is 2.79 bits per heavy atom. The van der Waals surface area contributed by atoms with Crippen LogP contribution in [0.25, 0.3) is 0 Å². The summed E-state index contributed by atoms with van der Waals surface area (Å²) in [5, 5.41) is 4.92. The third kappa shape index (κ3) is 4.95. The first-order valence-corrected chi connectivity index (χ1v) is 10.6. The van der Waals surface area contributed by atoms with E-state index in [0.29, 0.717) is 35.8 Å². The number of amides is 1. The number of fused-ring (bicyclic) bond motifs is 1. The Morgan fingerprint density at radius 1 is 1.28 bits per heavy atom. The van der Waals surface area contributed by atoms with Gasteiger partial charge in [-0.1, -0.05) is 6.07 Å². The number of carbonyl (C=O) groups excluding carboxylic acids is 2. The number of carbonyl (C=O) groups is 2. The Hall–Kier alpha value is -2.42. The van der Waals surface area contributed by atoms with Crippen molar-refractivity contribution in [1.29, 1.82) is 0 Å². The lowest BCUT2D eigenvalue weighted by atomic mass is 10.1. The molecule has 3 heterocycles. The molecule has 8 heteroatoms. The molecule has 1 atom stereocenters. The maximum absolute atomic E-state index is 12.8. The van der Waals surface area contributed by atoms with Crippen LogP contribution in [0.5, 0.6) is 11.5 Å². The predicted octanol–water partition coefficient (Wildman–Crippen LogP) is 3.30. The van der Waals surface area contributed by atoms with Crippen LogP contribution in [0.4, 0.5) is 5.69 Å². The summed E-state index contributed by atoms with van der Waals surface area (Å²) in [6, 6.07) is 7.35. The number of benzene rings is 1. The van der Waals surface area contributed by atoms with Gasteiger partial charge in [0.25, 0.3) is 0 Å². The zero-order valence-electron chi connectivity index (χ0n) is 16.3. The van der Waals surface area contributed by atoms with Gasteiger partial charge in [0, 0.05) is 36.2 Å². The number of nitrogens with zero attached hydrogens (tertiary/aromatic N) is 1. The minimum Gasteiger partial charge on any atom is -0.454 e. The molecular formula is C21H24N2O5S. The molecule has 0 bridgehead atoms. The average Bonchev–Trinajstić information content (AvgIpc) is 3.43. The van der Waals surface area contributed by atoms with E-state index in [0.717, 1.165) is 19.4 Å². The number of rotatable bonds is 8. The minimum absolute atomic E-state index is 0.111. The van der Waals surface area contributed by atoms with Crippen molar-refractivity contribution in [2.24, 2.45) is 0 Å². The second-order valence-electron chi connectivity index (χ2n) is 7.24. The van der Waals surface area contributed by atoms with Gasteiger partial charge < -0.3 is 19.5 Å². The van der Waals surface area contributed by atoms with Gasteiger partial charge >= 0.3 is 0 Å². The number of hydrogen-bond acceptors (Lipinski definition) is 7. The number of Topliss-reactive ketones (excluding diaryl/α,β-unsaturated/α-hetero) is 1. The highest BCUT2D eigenvalue weighted by atomic mass is 32.1. The van der Waals surface area contributed by atoms with Crippen LogP contribution in [0.15, 0.2) is 29.6 Å². The first kappa shape index (κ1) is 19.9. The Morgan fingerprint density at radius 2 is 2.10 bits per heavy atom. The van der Waals surface area contributed by atoms with E-state index >= 15 is 0 Å². The summed E-state index contributed by atoms with van der Waals surface area (Å²) in [5.41, 5.74) is 0.853.